The van der Waals surface area contributed by atoms with Gasteiger partial charge in [-0.3, -0.25) is 4.79 Å². The highest BCUT2D eigenvalue weighted by Crippen LogP contribution is 2.28. The fraction of sp³-hybridized carbons (Fsp3) is 0.333. The molecule has 0 saturated heterocycles. The van der Waals surface area contributed by atoms with E-state index in [0.29, 0.717) is 12.4 Å². The highest BCUT2D eigenvalue weighted by Gasteiger charge is 2.29. The van der Waals surface area contributed by atoms with E-state index >= 15 is 0 Å². The van der Waals surface area contributed by atoms with Crippen LogP contribution in [0.25, 0.3) is 5.69 Å². The maximum Gasteiger partial charge on any atom is 0.223 e. The smallest absolute Gasteiger partial charge is 0.223 e. The van der Waals surface area contributed by atoms with E-state index in [9.17, 15) is 4.79 Å². The van der Waals surface area contributed by atoms with Crippen LogP contribution in [0, 0.1) is 5.92 Å². The third-order valence-corrected chi connectivity index (χ3v) is 3.45. The maximum absolute atomic E-state index is 11.6. The van der Waals surface area contributed by atoms with Crippen LogP contribution in [0.1, 0.15) is 18.7 Å². The maximum atomic E-state index is 11.6. The van der Waals surface area contributed by atoms with Gasteiger partial charge < -0.3 is 5.32 Å². The Morgan fingerprint density at radius 2 is 2.32 bits per heavy atom. The molecule has 1 amide bonds. The second-order valence-electron chi connectivity index (χ2n) is 4.48. The molecule has 0 atom stereocenters. The number of tetrazole rings is 1. The number of nitrogens with zero attached hydrogens (tertiary/aromatic N) is 4. The van der Waals surface area contributed by atoms with E-state index in [1.807, 2.05) is 24.3 Å². The quantitative estimate of drug-likeness (QED) is 0.925. The normalized spacial score (nSPS) is 14.4. The minimum atomic E-state index is 0.0868. The van der Waals surface area contributed by atoms with Crippen molar-refractivity contribution in [3.05, 3.63) is 34.6 Å². The Bertz CT molecular complexity index is 608. The van der Waals surface area contributed by atoms with Crippen molar-refractivity contribution in [2.45, 2.75) is 19.4 Å². The zero-order chi connectivity index (χ0) is 13.2. The third kappa shape index (κ3) is 2.81. The van der Waals surface area contributed by atoms with E-state index in [4.69, 9.17) is 0 Å². The number of halogens is 1. The summed E-state index contributed by atoms with van der Waals surface area (Å²) < 4.78 is 2.58. The monoisotopic (exact) mass is 321 g/mol. The first-order valence-electron chi connectivity index (χ1n) is 6.05. The molecule has 0 aliphatic heterocycles. The van der Waals surface area contributed by atoms with Gasteiger partial charge in [0, 0.05) is 10.4 Å². The van der Waals surface area contributed by atoms with E-state index in [0.717, 1.165) is 23.0 Å². The van der Waals surface area contributed by atoms with Crippen LogP contribution in [0.2, 0.25) is 0 Å². The van der Waals surface area contributed by atoms with Crippen molar-refractivity contribution in [2.24, 2.45) is 5.92 Å². The minimum absolute atomic E-state index is 0.0868. The second-order valence-corrected chi connectivity index (χ2v) is 5.39. The second kappa shape index (κ2) is 5.08. The molecule has 3 rings (SSSR count). The Kier molecular flexibility index (Phi) is 3.29. The van der Waals surface area contributed by atoms with Crippen LogP contribution < -0.4 is 5.32 Å². The Balaban J connectivity index is 1.76. The van der Waals surface area contributed by atoms with Crippen LogP contribution in [0.5, 0.6) is 0 Å². The van der Waals surface area contributed by atoms with E-state index in [1.165, 1.54) is 0 Å². The van der Waals surface area contributed by atoms with Crippen molar-refractivity contribution in [3.63, 3.8) is 0 Å². The zero-order valence-electron chi connectivity index (χ0n) is 10.1. The average Bonchev–Trinajstić information content (AvgIpc) is 3.15. The van der Waals surface area contributed by atoms with Gasteiger partial charge in [0.1, 0.15) is 0 Å². The fourth-order valence-corrected chi connectivity index (χ4v) is 2.17. The number of benzene rings is 1. The summed E-state index contributed by atoms with van der Waals surface area (Å²) >= 11 is 3.41. The summed E-state index contributed by atoms with van der Waals surface area (Å²) in [6, 6.07) is 7.67. The molecule has 0 radical (unpaired) electrons. The lowest BCUT2D eigenvalue weighted by molar-refractivity contribution is -0.122. The van der Waals surface area contributed by atoms with Crippen LogP contribution >= 0.6 is 15.9 Å². The molecule has 98 valence electrons. The number of nitrogens with one attached hydrogen (secondary N) is 1. The van der Waals surface area contributed by atoms with Crippen molar-refractivity contribution < 1.29 is 4.79 Å². The van der Waals surface area contributed by atoms with Crippen molar-refractivity contribution in [1.29, 1.82) is 0 Å². The summed E-state index contributed by atoms with van der Waals surface area (Å²) in [5.41, 5.74) is 0.857. The van der Waals surface area contributed by atoms with E-state index in [2.05, 4.69) is 36.8 Å². The molecular formula is C12H12BrN5O. The number of aromatic nitrogens is 4. The lowest BCUT2D eigenvalue weighted by Gasteiger charge is -2.06. The molecule has 1 aliphatic carbocycles. The molecule has 0 unspecified atom stereocenters. The summed E-state index contributed by atoms with van der Waals surface area (Å²) in [7, 11) is 0. The van der Waals surface area contributed by atoms with E-state index in [1.54, 1.807) is 4.68 Å². The van der Waals surface area contributed by atoms with E-state index < -0.39 is 0 Å². The van der Waals surface area contributed by atoms with Gasteiger partial charge in [0.05, 0.1) is 12.2 Å². The number of carbonyl (C=O) groups is 1. The summed E-state index contributed by atoms with van der Waals surface area (Å²) in [5.74, 6) is 0.895. The molecule has 1 heterocycles. The molecule has 0 spiro atoms. The van der Waals surface area contributed by atoms with Gasteiger partial charge in [-0.15, -0.1) is 5.10 Å². The first-order valence-corrected chi connectivity index (χ1v) is 6.84. The molecular weight excluding hydrogens is 310 g/mol. The summed E-state index contributed by atoms with van der Waals surface area (Å²) in [6.07, 6.45) is 1.98. The number of carbonyl (C=O) groups excluding carboxylic acids is 1. The van der Waals surface area contributed by atoms with Gasteiger partial charge in [-0.25, -0.2) is 0 Å². The summed E-state index contributed by atoms with van der Waals surface area (Å²) in [6.45, 7) is 0.342. The number of hydrogen-bond acceptors (Lipinski definition) is 4. The van der Waals surface area contributed by atoms with Gasteiger partial charge in [-0.2, -0.15) is 4.68 Å². The first kappa shape index (κ1) is 12.3. The predicted molar refractivity (Wildman–Crippen MR) is 71.4 cm³/mol. The van der Waals surface area contributed by atoms with Crippen LogP contribution in [0.4, 0.5) is 0 Å². The van der Waals surface area contributed by atoms with Crippen molar-refractivity contribution in [2.75, 3.05) is 0 Å². The molecule has 1 aromatic carbocycles. The molecule has 1 aromatic heterocycles. The molecule has 7 heteroatoms. The molecule has 1 saturated carbocycles. The molecule has 1 N–H and O–H groups in total. The molecule has 1 aliphatic rings. The summed E-state index contributed by atoms with van der Waals surface area (Å²) in [5, 5.41) is 14.4. The third-order valence-electron chi connectivity index (χ3n) is 2.96. The number of hydrogen-bond donors (Lipinski definition) is 1. The Labute approximate surface area is 118 Å². The lowest BCUT2D eigenvalue weighted by Crippen LogP contribution is -2.25. The zero-order valence-corrected chi connectivity index (χ0v) is 11.7. The van der Waals surface area contributed by atoms with Gasteiger partial charge >= 0.3 is 0 Å². The fourth-order valence-electron chi connectivity index (χ4n) is 1.78. The van der Waals surface area contributed by atoms with Crippen LogP contribution in [0.15, 0.2) is 28.7 Å². The van der Waals surface area contributed by atoms with Crippen molar-refractivity contribution in [3.8, 4) is 5.69 Å². The molecule has 19 heavy (non-hydrogen) atoms. The molecule has 2 aromatic rings. The Hall–Kier alpha value is -1.76. The van der Waals surface area contributed by atoms with Gasteiger partial charge in [0.2, 0.25) is 5.91 Å². The van der Waals surface area contributed by atoms with Gasteiger partial charge in [-0.05, 0) is 41.5 Å². The standard InChI is InChI=1S/C12H12BrN5O/c13-9-2-1-3-10(6-9)18-11(15-16-17-18)7-14-12(19)8-4-5-8/h1-3,6,8H,4-5,7H2,(H,14,19). The van der Waals surface area contributed by atoms with Crippen LogP contribution in [-0.2, 0) is 11.3 Å². The lowest BCUT2D eigenvalue weighted by atomic mass is 10.3. The number of rotatable bonds is 4. The van der Waals surface area contributed by atoms with Crippen molar-refractivity contribution >= 4 is 21.8 Å². The van der Waals surface area contributed by atoms with Crippen LogP contribution in [0.3, 0.4) is 0 Å². The first-order chi connectivity index (χ1) is 9.24. The highest BCUT2D eigenvalue weighted by atomic mass is 79.9. The van der Waals surface area contributed by atoms with Gasteiger partial charge in [-0.1, -0.05) is 22.0 Å². The molecule has 0 bridgehead atoms. The SMILES string of the molecule is O=C(NCc1nnnn1-c1cccc(Br)c1)C1CC1. The largest absolute Gasteiger partial charge is 0.348 e. The molecule has 1 fully saturated rings. The Morgan fingerprint density at radius 3 is 3.05 bits per heavy atom. The Morgan fingerprint density at radius 1 is 1.47 bits per heavy atom. The van der Waals surface area contributed by atoms with Crippen LogP contribution in [-0.4, -0.2) is 26.1 Å². The van der Waals surface area contributed by atoms with Crippen molar-refractivity contribution in [1.82, 2.24) is 25.5 Å². The van der Waals surface area contributed by atoms with Gasteiger partial charge in [0.25, 0.3) is 0 Å². The van der Waals surface area contributed by atoms with E-state index in [-0.39, 0.29) is 11.8 Å². The predicted octanol–water partition coefficient (Wildman–Crippen LogP) is 1.45. The minimum Gasteiger partial charge on any atom is -0.348 e. The van der Waals surface area contributed by atoms with Gasteiger partial charge in [0.15, 0.2) is 5.82 Å². The topological polar surface area (TPSA) is 72.7 Å². The average molecular weight is 322 g/mol. The highest BCUT2D eigenvalue weighted by molar-refractivity contribution is 9.10. The number of amides is 1. The summed E-state index contributed by atoms with van der Waals surface area (Å²) in [4.78, 5) is 11.6. The molecule has 6 nitrogen and oxygen atoms in total.